The number of pyridine rings is 1. The summed E-state index contributed by atoms with van der Waals surface area (Å²) in [7, 11) is 0. The van der Waals surface area contributed by atoms with Gasteiger partial charge in [-0.05, 0) is 48.0 Å². The number of hydrogen-bond donors (Lipinski definition) is 2. The molecule has 0 bridgehead atoms. The van der Waals surface area contributed by atoms with Gasteiger partial charge in [-0.2, -0.15) is 5.26 Å². The number of nitrogens with zero attached hydrogens (tertiary/aromatic N) is 4. The number of nitrogen functional groups attached to an aromatic ring is 1. The molecule has 0 unspecified atom stereocenters. The normalized spacial score (nSPS) is 10.5. The van der Waals surface area contributed by atoms with Gasteiger partial charge in [0.1, 0.15) is 11.6 Å². The van der Waals surface area contributed by atoms with Crippen molar-refractivity contribution >= 4 is 23.5 Å². The van der Waals surface area contributed by atoms with Crippen LogP contribution in [-0.4, -0.2) is 20.7 Å². The molecule has 0 atom stereocenters. The summed E-state index contributed by atoms with van der Waals surface area (Å²) >= 11 is 0. The first-order chi connectivity index (χ1) is 12.2. The van der Waals surface area contributed by atoms with Crippen LogP contribution < -0.4 is 11.1 Å². The maximum atomic E-state index is 11.9. The van der Waals surface area contributed by atoms with Crippen molar-refractivity contribution in [3.63, 3.8) is 0 Å². The van der Waals surface area contributed by atoms with Gasteiger partial charge in [-0.1, -0.05) is 0 Å². The fourth-order valence-electron chi connectivity index (χ4n) is 2.13. The molecule has 1 amide bonds. The van der Waals surface area contributed by atoms with E-state index < -0.39 is 0 Å². The van der Waals surface area contributed by atoms with Gasteiger partial charge in [0, 0.05) is 24.2 Å². The van der Waals surface area contributed by atoms with Crippen LogP contribution >= 0.6 is 0 Å². The van der Waals surface area contributed by atoms with Crippen molar-refractivity contribution < 1.29 is 4.79 Å². The molecule has 0 radical (unpaired) electrons. The molecule has 3 rings (SSSR count). The summed E-state index contributed by atoms with van der Waals surface area (Å²) in [6, 6.07) is 12.6. The molecule has 7 nitrogen and oxygen atoms in total. The van der Waals surface area contributed by atoms with Gasteiger partial charge >= 0.3 is 0 Å². The van der Waals surface area contributed by atoms with Gasteiger partial charge in [0.25, 0.3) is 0 Å². The summed E-state index contributed by atoms with van der Waals surface area (Å²) in [5, 5.41) is 15.8. The molecule has 0 fully saturated rings. The quantitative estimate of drug-likeness (QED) is 0.714. The van der Waals surface area contributed by atoms with Crippen molar-refractivity contribution in [2.24, 2.45) is 0 Å². The maximum absolute atomic E-state index is 11.9. The second kappa shape index (κ2) is 7.10. The lowest BCUT2D eigenvalue weighted by atomic mass is 10.2. The number of nitrogens with two attached hydrogens (primary N) is 1. The highest BCUT2D eigenvalue weighted by Crippen LogP contribution is 2.16. The van der Waals surface area contributed by atoms with E-state index in [0.717, 1.165) is 11.3 Å². The largest absolute Gasteiger partial charge is 0.381 e. The summed E-state index contributed by atoms with van der Waals surface area (Å²) in [4.78, 5) is 15.9. The molecule has 0 aliphatic rings. The van der Waals surface area contributed by atoms with Gasteiger partial charge < -0.3 is 11.1 Å². The number of anilines is 2. The van der Waals surface area contributed by atoms with E-state index in [2.05, 4.69) is 15.4 Å². The van der Waals surface area contributed by atoms with E-state index in [1.54, 1.807) is 48.9 Å². The standard InChI is InChI=1S/C18H14N6O/c19-11-14-12-24(23-18(14)20)16-4-2-15(3-5-16)22-17(25)6-1-13-7-9-21-10-8-13/h1-10,12H,(H2,20,23)(H,22,25). The first-order valence-corrected chi connectivity index (χ1v) is 7.40. The highest BCUT2D eigenvalue weighted by atomic mass is 16.1. The van der Waals surface area contributed by atoms with Crippen LogP contribution in [0.1, 0.15) is 11.1 Å². The van der Waals surface area contributed by atoms with Gasteiger partial charge in [-0.15, -0.1) is 5.10 Å². The van der Waals surface area contributed by atoms with Crippen LogP contribution in [0.25, 0.3) is 11.8 Å². The van der Waals surface area contributed by atoms with E-state index in [9.17, 15) is 4.79 Å². The topological polar surface area (TPSA) is 110 Å². The van der Waals surface area contributed by atoms with E-state index in [0.29, 0.717) is 11.3 Å². The summed E-state index contributed by atoms with van der Waals surface area (Å²) < 4.78 is 1.52. The van der Waals surface area contributed by atoms with E-state index in [4.69, 9.17) is 11.0 Å². The number of aromatic nitrogens is 3. The molecule has 1 aromatic carbocycles. The molecule has 2 aromatic heterocycles. The first kappa shape index (κ1) is 16.0. The van der Waals surface area contributed by atoms with Crippen LogP contribution in [0, 0.1) is 11.3 Å². The Kier molecular flexibility index (Phi) is 4.53. The second-order valence-electron chi connectivity index (χ2n) is 5.13. The van der Waals surface area contributed by atoms with Gasteiger partial charge in [0.05, 0.1) is 11.9 Å². The molecule has 0 saturated carbocycles. The van der Waals surface area contributed by atoms with Crippen LogP contribution in [0.2, 0.25) is 0 Å². The van der Waals surface area contributed by atoms with Crippen LogP contribution in [0.4, 0.5) is 11.5 Å². The fraction of sp³-hybridized carbons (Fsp3) is 0. The van der Waals surface area contributed by atoms with E-state index >= 15 is 0 Å². The van der Waals surface area contributed by atoms with Crippen LogP contribution in [0.3, 0.4) is 0 Å². The summed E-state index contributed by atoms with van der Waals surface area (Å²) in [6.45, 7) is 0. The average Bonchev–Trinajstić information content (AvgIpc) is 3.02. The number of amides is 1. The van der Waals surface area contributed by atoms with E-state index in [-0.39, 0.29) is 11.7 Å². The SMILES string of the molecule is N#Cc1cn(-c2ccc(NC(=O)C=Cc3ccncc3)cc2)nc1N. The van der Waals surface area contributed by atoms with Gasteiger partial charge in [-0.3, -0.25) is 9.78 Å². The molecule has 122 valence electrons. The highest BCUT2D eigenvalue weighted by Gasteiger charge is 2.06. The maximum Gasteiger partial charge on any atom is 0.248 e. The third-order valence-electron chi connectivity index (χ3n) is 3.40. The van der Waals surface area contributed by atoms with Crippen LogP contribution in [-0.2, 0) is 4.79 Å². The molecule has 3 N–H and O–H groups in total. The Hall–Kier alpha value is -3.92. The van der Waals surface area contributed by atoms with Crippen molar-refractivity contribution in [3.05, 3.63) is 72.2 Å². The van der Waals surface area contributed by atoms with Crippen molar-refractivity contribution in [2.75, 3.05) is 11.1 Å². The molecule has 0 aliphatic heterocycles. The van der Waals surface area contributed by atoms with Crippen molar-refractivity contribution in [3.8, 4) is 11.8 Å². The molecule has 2 heterocycles. The number of carbonyl (C=O) groups excluding carboxylic acids is 1. The second-order valence-corrected chi connectivity index (χ2v) is 5.13. The minimum Gasteiger partial charge on any atom is -0.381 e. The molecule has 0 spiro atoms. The van der Waals surface area contributed by atoms with E-state index in [1.165, 1.54) is 10.8 Å². The Morgan fingerprint density at radius 2 is 1.92 bits per heavy atom. The molecule has 25 heavy (non-hydrogen) atoms. The summed E-state index contributed by atoms with van der Waals surface area (Å²) in [6.07, 6.45) is 8.05. The van der Waals surface area contributed by atoms with Gasteiger partial charge in [-0.25, -0.2) is 4.68 Å². The van der Waals surface area contributed by atoms with Gasteiger partial charge in [0.2, 0.25) is 5.91 Å². The zero-order valence-electron chi connectivity index (χ0n) is 13.1. The first-order valence-electron chi connectivity index (χ1n) is 7.40. The predicted octanol–water partition coefficient (Wildman–Crippen LogP) is 2.37. The lowest BCUT2D eigenvalue weighted by molar-refractivity contribution is -0.111. The Labute approximate surface area is 144 Å². The lowest BCUT2D eigenvalue weighted by Gasteiger charge is -2.05. The number of carbonyl (C=O) groups is 1. The molecule has 3 aromatic rings. The third-order valence-corrected chi connectivity index (χ3v) is 3.40. The molecular formula is C18H14N6O. The zero-order valence-corrected chi connectivity index (χ0v) is 13.1. The Morgan fingerprint density at radius 3 is 2.56 bits per heavy atom. The molecule has 7 heteroatoms. The van der Waals surface area contributed by atoms with Crippen molar-refractivity contribution in [2.45, 2.75) is 0 Å². The monoisotopic (exact) mass is 330 g/mol. The van der Waals surface area contributed by atoms with Crippen molar-refractivity contribution in [1.82, 2.24) is 14.8 Å². The van der Waals surface area contributed by atoms with E-state index in [1.807, 2.05) is 18.2 Å². The Balaban J connectivity index is 1.67. The lowest BCUT2D eigenvalue weighted by Crippen LogP contribution is -2.07. The van der Waals surface area contributed by atoms with Crippen LogP contribution in [0.5, 0.6) is 0 Å². The van der Waals surface area contributed by atoms with Gasteiger partial charge in [0.15, 0.2) is 5.82 Å². The fourth-order valence-corrected chi connectivity index (χ4v) is 2.13. The molecule has 0 aliphatic carbocycles. The summed E-state index contributed by atoms with van der Waals surface area (Å²) in [5.74, 6) is -0.0548. The highest BCUT2D eigenvalue weighted by molar-refractivity contribution is 6.01. The predicted molar refractivity (Wildman–Crippen MR) is 94.6 cm³/mol. The number of rotatable bonds is 4. The number of nitrogens with one attached hydrogen (secondary N) is 1. The smallest absolute Gasteiger partial charge is 0.248 e. The molecular weight excluding hydrogens is 316 g/mol. The molecule has 0 saturated heterocycles. The summed E-state index contributed by atoms with van der Waals surface area (Å²) in [5.41, 5.74) is 8.24. The number of nitriles is 1. The minimum absolute atomic E-state index is 0.182. The minimum atomic E-state index is -0.236. The van der Waals surface area contributed by atoms with Crippen molar-refractivity contribution in [1.29, 1.82) is 5.26 Å². The number of benzene rings is 1. The third kappa shape index (κ3) is 3.89. The Morgan fingerprint density at radius 1 is 1.20 bits per heavy atom. The Bertz CT molecular complexity index is 951. The van der Waals surface area contributed by atoms with Crippen LogP contribution in [0.15, 0.2) is 61.1 Å². The zero-order chi connectivity index (χ0) is 17.6. The number of hydrogen-bond acceptors (Lipinski definition) is 5. The average molecular weight is 330 g/mol.